The topological polar surface area (TPSA) is 78.1 Å². The van der Waals surface area contributed by atoms with Gasteiger partial charge < -0.3 is 10.2 Å². The number of rotatable bonds is 8. The second kappa shape index (κ2) is 10.7. The number of nitrogens with one attached hydrogen (secondary N) is 2. The van der Waals surface area contributed by atoms with Gasteiger partial charge in [0, 0.05) is 23.1 Å². The van der Waals surface area contributed by atoms with Crippen molar-refractivity contribution in [2.45, 2.75) is 25.7 Å². The summed E-state index contributed by atoms with van der Waals surface area (Å²) in [6, 6.07) is 14.9. The summed E-state index contributed by atoms with van der Waals surface area (Å²) in [6.07, 6.45) is 3.53. The van der Waals surface area contributed by atoms with E-state index in [9.17, 15) is 9.59 Å². The first-order valence-electron chi connectivity index (χ1n) is 9.57. The fourth-order valence-corrected chi connectivity index (χ4v) is 3.19. The number of carbonyl (C=O) groups is 1. The van der Waals surface area contributed by atoms with Crippen LogP contribution in [0.3, 0.4) is 0 Å². The Morgan fingerprint density at radius 3 is 2.55 bits per heavy atom. The van der Waals surface area contributed by atoms with Crippen LogP contribution < -0.4 is 10.9 Å². The largest absolute Gasteiger partial charge is 0.326 e. The van der Waals surface area contributed by atoms with E-state index in [1.807, 2.05) is 42.5 Å². The number of nitrogens with zero attached hydrogens (tertiary/aromatic N) is 2. The third-order valence-electron chi connectivity index (χ3n) is 4.62. The van der Waals surface area contributed by atoms with E-state index in [1.54, 1.807) is 6.07 Å². The maximum absolute atomic E-state index is 12.2. The average Bonchev–Trinajstić information content (AvgIpc) is 2.68. The molecular formula is C22H27ClN4O2. The molecule has 0 aliphatic rings. The molecule has 6 nitrogen and oxygen atoms in total. The average molecular weight is 415 g/mol. The molecule has 0 aliphatic carbocycles. The van der Waals surface area contributed by atoms with Gasteiger partial charge >= 0.3 is 0 Å². The van der Waals surface area contributed by atoms with Crippen molar-refractivity contribution < 1.29 is 4.79 Å². The number of benzene rings is 2. The quantitative estimate of drug-likeness (QED) is 0.544. The van der Waals surface area contributed by atoms with Crippen molar-refractivity contribution >= 4 is 34.8 Å². The molecule has 0 radical (unpaired) electrons. The van der Waals surface area contributed by atoms with Crippen molar-refractivity contribution in [3.8, 4) is 11.3 Å². The number of hydrogen-bond donors (Lipinski definition) is 2. The van der Waals surface area contributed by atoms with Crippen LogP contribution in [0.25, 0.3) is 22.0 Å². The molecule has 0 spiro atoms. The van der Waals surface area contributed by atoms with Crippen LogP contribution in [-0.2, 0) is 4.79 Å². The number of aromatic nitrogens is 2. The monoisotopic (exact) mass is 414 g/mol. The summed E-state index contributed by atoms with van der Waals surface area (Å²) < 4.78 is 0. The number of aromatic amines is 1. The second-order valence-electron chi connectivity index (χ2n) is 7.19. The first kappa shape index (κ1) is 22.6. The Balaban J connectivity index is 0.00000300. The Labute approximate surface area is 176 Å². The Bertz CT molecular complexity index is 1020. The predicted molar refractivity (Wildman–Crippen MR) is 121 cm³/mol. The highest BCUT2D eigenvalue weighted by molar-refractivity contribution is 5.95. The van der Waals surface area contributed by atoms with Gasteiger partial charge in [0.25, 0.3) is 5.56 Å². The van der Waals surface area contributed by atoms with Gasteiger partial charge in [0.15, 0.2) is 0 Å². The highest BCUT2D eigenvalue weighted by Crippen LogP contribution is 2.26. The molecule has 0 bridgehead atoms. The summed E-state index contributed by atoms with van der Waals surface area (Å²) in [5.74, 6) is 0.0151. The lowest BCUT2D eigenvalue weighted by Gasteiger charge is -2.10. The standard InChI is InChI=1S/C22H26N4O2.ClH/c1-26(2)14-7-3-4-13-20(27)23-17-10-8-9-16(15-17)21-18-11-5-6-12-19(18)22(28)25-24-21;/h5-6,8-12,15H,3-4,7,13-14H2,1-2H3,(H,23,27)(H,25,28);1H. The summed E-state index contributed by atoms with van der Waals surface area (Å²) >= 11 is 0. The van der Waals surface area contributed by atoms with E-state index in [-0.39, 0.29) is 23.9 Å². The van der Waals surface area contributed by atoms with Crippen molar-refractivity contribution in [1.82, 2.24) is 15.1 Å². The minimum atomic E-state index is -0.210. The van der Waals surface area contributed by atoms with E-state index in [2.05, 4.69) is 34.5 Å². The van der Waals surface area contributed by atoms with Gasteiger partial charge in [0.1, 0.15) is 0 Å². The molecule has 0 saturated carbocycles. The van der Waals surface area contributed by atoms with Crippen LogP contribution in [0.1, 0.15) is 25.7 Å². The molecule has 0 saturated heterocycles. The van der Waals surface area contributed by atoms with Gasteiger partial charge in [-0.1, -0.05) is 36.8 Å². The van der Waals surface area contributed by atoms with Crippen LogP contribution in [0, 0.1) is 0 Å². The molecule has 2 N–H and O–H groups in total. The van der Waals surface area contributed by atoms with Crippen LogP contribution in [0.5, 0.6) is 0 Å². The van der Waals surface area contributed by atoms with E-state index in [4.69, 9.17) is 0 Å². The zero-order valence-electron chi connectivity index (χ0n) is 16.8. The normalized spacial score (nSPS) is 10.7. The zero-order valence-corrected chi connectivity index (χ0v) is 17.6. The van der Waals surface area contributed by atoms with Gasteiger partial charge in [0.2, 0.25) is 5.91 Å². The summed E-state index contributed by atoms with van der Waals surface area (Å²) in [4.78, 5) is 26.4. The minimum absolute atomic E-state index is 0. The second-order valence-corrected chi connectivity index (χ2v) is 7.19. The van der Waals surface area contributed by atoms with E-state index < -0.39 is 0 Å². The number of halogens is 1. The molecule has 0 atom stereocenters. The van der Waals surface area contributed by atoms with E-state index >= 15 is 0 Å². The van der Waals surface area contributed by atoms with Crippen LogP contribution >= 0.6 is 12.4 Å². The molecule has 0 aliphatic heterocycles. The Morgan fingerprint density at radius 2 is 1.79 bits per heavy atom. The number of H-pyrrole nitrogens is 1. The molecular weight excluding hydrogens is 388 g/mol. The molecule has 0 fully saturated rings. The molecule has 7 heteroatoms. The molecule has 1 amide bonds. The van der Waals surface area contributed by atoms with E-state index in [1.165, 1.54) is 0 Å². The van der Waals surface area contributed by atoms with Gasteiger partial charge in [-0.3, -0.25) is 9.59 Å². The lowest BCUT2D eigenvalue weighted by atomic mass is 10.0. The van der Waals surface area contributed by atoms with Gasteiger partial charge in [-0.2, -0.15) is 5.10 Å². The highest BCUT2D eigenvalue weighted by Gasteiger charge is 2.10. The van der Waals surface area contributed by atoms with Gasteiger partial charge in [-0.05, 0) is 51.7 Å². The molecule has 3 rings (SSSR count). The van der Waals surface area contributed by atoms with Crippen molar-refractivity contribution in [2.75, 3.05) is 26.0 Å². The highest BCUT2D eigenvalue weighted by atomic mass is 35.5. The van der Waals surface area contributed by atoms with Gasteiger partial charge in [-0.25, -0.2) is 5.10 Å². The van der Waals surface area contributed by atoms with Crippen LogP contribution in [0.2, 0.25) is 0 Å². The third-order valence-corrected chi connectivity index (χ3v) is 4.62. The van der Waals surface area contributed by atoms with Crippen molar-refractivity contribution in [1.29, 1.82) is 0 Å². The van der Waals surface area contributed by atoms with E-state index in [0.717, 1.165) is 42.4 Å². The Morgan fingerprint density at radius 1 is 1.03 bits per heavy atom. The number of hydrogen-bond acceptors (Lipinski definition) is 4. The number of unbranched alkanes of at least 4 members (excludes halogenated alkanes) is 2. The number of anilines is 1. The molecule has 2 aromatic carbocycles. The predicted octanol–water partition coefficient (Wildman–Crippen LogP) is 4.07. The van der Waals surface area contributed by atoms with Crippen LogP contribution in [0.4, 0.5) is 5.69 Å². The van der Waals surface area contributed by atoms with Gasteiger partial charge in [-0.15, -0.1) is 12.4 Å². The number of fused-ring (bicyclic) bond motifs is 1. The molecule has 29 heavy (non-hydrogen) atoms. The molecule has 1 aromatic heterocycles. The lowest BCUT2D eigenvalue weighted by Crippen LogP contribution is -2.14. The van der Waals surface area contributed by atoms with Crippen LogP contribution in [0.15, 0.2) is 53.3 Å². The first-order chi connectivity index (χ1) is 13.5. The third kappa shape index (κ3) is 6.14. The summed E-state index contributed by atoms with van der Waals surface area (Å²) in [7, 11) is 4.11. The smallest absolute Gasteiger partial charge is 0.272 e. The van der Waals surface area contributed by atoms with Gasteiger partial charge in [0.05, 0.1) is 11.1 Å². The maximum Gasteiger partial charge on any atom is 0.272 e. The summed E-state index contributed by atoms with van der Waals surface area (Å²) in [6.45, 7) is 1.05. The fraction of sp³-hybridized carbons (Fsp3) is 0.318. The minimum Gasteiger partial charge on any atom is -0.326 e. The maximum atomic E-state index is 12.2. The van der Waals surface area contributed by atoms with Crippen LogP contribution in [-0.4, -0.2) is 41.6 Å². The Hall–Kier alpha value is -2.70. The van der Waals surface area contributed by atoms with Crippen molar-refractivity contribution in [3.63, 3.8) is 0 Å². The first-order valence-corrected chi connectivity index (χ1v) is 9.57. The summed E-state index contributed by atoms with van der Waals surface area (Å²) in [5, 5.41) is 11.1. The number of amides is 1. The SMILES string of the molecule is CN(C)CCCCCC(=O)Nc1cccc(-c2n[nH]c(=O)c3ccccc23)c1.Cl. The van der Waals surface area contributed by atoms with Crippen molar-refractivity contribution in [3.05, 3.63) is 58.9 Å². The molecule has 0 unspecified atom stereocenters. The Kier molecular flexibility index (Phi) is 8.36. The fourth-order valence-electron chi connectivity index (χ4n) is 3.19. The summed E-state index contributed by atoms with van der Waals surface area (Å²) in [5.41, 5.74) is 2.05. The van der Waals surface area contributed by atoms with E-state index in [0.29, 0.717) is 17.5 Å². The lowest BCUT2D eigenvalue weighted by molar-refractivity contribution is -0.116. The molecule has 154 valence electrons. The molecule has 3 aromatic rings. The molecule has 1 heterocycles. The zero-order chi connectivity index (χ0) is 19.9. The van der Waals surface area contributed by atoms with Crippen molar-refractivity contribution in [2.24, 2.45) is 0 Å². The number of carbonyl (C=O) groups excluding carboxylic acids is 1.